The van der Waals surface area contributed by atoms with Crippen molar-refractivity contribution in [3.05, 3.63) is 48.0 Å². The van der Waals surface area contributed by atoms with Crippen LogP contribution in [0.5, 0.6) is 0 Å². The van der Waals surface area contributed by atoms with Crippen molar-refractivity contribution in [1.29, 1.82) is 0 Å². The van der Waals surface area contributed by atoms with E-state index in [1.54, 1.807) is 12.4 Å². The Morgan fingerprint density at radius 3 is 2.48 bits per heavy atom. The van der Waals surface area contributed by atoms with E-state index in [-0.39, 0.29) is 0 Å². The van der Waals surface area contributed by atoms with Crippen LogP contribution in [0.2, 0.25) is 0 Å². The minimum Gasteiger partial charge on any atom is -0.357 e. The molecule has 1 saturated heterocycles. The van der Waals surface area contributed by atoms with E-state index < -0.39 is 0 Å². The number of aryl methyl sites for hydroxylation is 1. The molecule has 3 rings (SSSR count). The van der Waals surface area contributed by atoms with Gasteiger partial charge in [-0.3, -0.25) is 4.98 Å². The number of aliphatic imine (C=N–C) groups is 1. The number of nitrogens with zero attached hydrogens (tertiary/aromatic N) is 6. The van der Waals surface area contributed by atoms with Gasteiger partial charge in [0.15, 0.2) is 5.96 Å². The number of piperazine rings is 1. The first-order valence-corrected chi connectivity index (χ1v) is 8.73. The highest BCUT2D eigenvalue weighted by atomic mass is 15.4. The van der Waals surface area contributed by atoms with Crippen molar-refractivity contribution in [2.75, 3.05) is 37.6 Å². The lowest BCUT2D eigenvalue weighted by Crippen LogP contribution is -2.53. The zero-order valence-electron chi connectivity index (χ0n) is 14.9. The lowest BCUT2D eigenvalue weighted by Gasteiger charge is -2.36. The number of guanidine groups is 1. The Bertz CT molecular complexity index is 694. The summed E-state index contributed by atoms with van der Waals surface area (Å²) in [5.41, 5.74) is 2.20. The molecule has 2 aromatic rings. The minimum atomic E-state index is 0.594. The summed E-state index contributed by atoms with van der Waals surface area (Å²) in [4.78, 5) is 22.4. The number of hydrogen-bond acceptors (Lipinski definition) is 5. The van der Waals surface area contributed by atoms with Crippen molar-refractivity contribution in [2.45, 2.75) is 20.4 Å². The van der Waals surface area contributed by atoms with Crippen molar-refractivity contribution in [2.24, 2.45) is 4.99 Å². The quantitative estimate of drug-likeness (QED) is 0.672. The highest BCUT2D eigenvalue weighted by Crippen LogP contribution is 2.10. The molecule has 1 aliphatic heterocycles. The molecule has 0 spiro atoms. The molecule has 0 radical (unpaired) electrons. The van der Waals surface area contributed by atoms with Gasteiger partial charge in [0.1, 0.15) is 0 Å². The van der Waals surface area contributed by atoms with Gasteiger partial charge in [-0.15, -0.1) is 0 Å². The fourth-order valence-electron chi connectivity index (χ4n) is 2.83. The largest absolute Gasteiger partial charge is 0.357 e. The highest BCUT2D eigenvalue weighted by molar-refractivity contribution is 5.80. The Kier molecular flexibility index (Phi) is 5.77. The Hall–Kier alpha value is -2.70. The van der Waals surface area contributed by atoms with Gasteiger partial charge < -0.3 is 15.1 Å². The first-order chi connectivity index (χ1) is 12.3. The van der Waals surface area contributed by atoms with Gasteiger partial charge in [-0.2, -0.15) is 0 Å². The van der Waals surface area contributed by atoms with E-state index >= 15 is 0 Å². The van der Waals surface area contributed by atoms with Crippen LogP contribution < -0.4 is 10.2 Å². The van der Waals surface area contributed by atoms with Crippen molar-refractivity contribution in [1.82, 2.24) is 25.2 Å². The topological polar surface area (TPSA) is 69.5 Å². The second kappa shape index (κ2) is 8.41. The van der Waals surface area contributed by atoms with Crippen molar-refractivity contribution in [3.63, 3.8) is 0 Å². The number of pyridine rings is 1. The molecule has 2 aromatic heterocycles. The summed E-state index contributed by atoms with van der Waals surface area (Å²) in [5, 5.41) is 3.40. The van der Waals surface area contributed by atoms with E-state index in [2.05, 4.69) is 50.0 Å². The highest BCUT2D eigenvalue weighted by Gasteiger charge is 2.21. The molecular weight excluding hydrogens is 314 g/mol. The van der Waals surface area contributed by atoms with E-state index in [1.807, 2.05) is 18.3 Å². The standard InChI is InChI=1S/C18H25N7/c1-3-19-17(23-14-16-15(2)6-4-7-20-16)24-10-12-25(13-11-24)18-21-8-5-9-22-18/h4-9H,3,10-14H2,1-2H3,(H,19,23). The molecule has 0 aliphatic carbocycles. The summed E-state index contributed by atoms with van der Waals surface area (Å²) in [7, 11) is 0. The van der Waals surface area contributed by atoms with Gasteiger partial charge >= 0.3 is 0 Å². The second-order valence-electron chi connectivity index (χ2n) is 5.96. The number of hydrogen-bond donors (Lipinski definition) is 1. The Morgan fingerprint density at radius 1 is 1.08 bits per heavy atom. The first kappa shape index (κ1) is 17.1. The number of anilines is 1. The average Bonchev–Trinajstić information content (AvgIpc) is 2.67. The minimum absolute atomic E-state index is 0.594. The molecule has 0 unspecified atom stereocenters. The zero-order chi connectivity index (χ0) is 17.5. The van der Waals surface area contributed by atoms with Crippen LogP contribution in [0.25, 0.3) is 0 Å². The zero-order valence-corrected chi connectivity index (χ0v) is 14.9. The summed E-state index contributed by atoms with van der Waals surface area (Å²) in [6.45, 7) is 9.17. The summed E-state index contributed by atoms with van der Waals surface area (Å²) < 4.78 is 0. The van der Waals surface area contributed by atoms with Crippen LogP contribution in [0.1, 0.15) is 18.2 Å². The van der Waals surface area contributed by atoms with Crippen LogP contribution in [-0.4, -0.2) is 58.5 Å². The maximum atomic E-state index is 4.79. The Labute approximate surface area is 148 Å². The van der Waals surface area contributed by atoms with Crippen LogP contribution in [-0.2, 0) is 6.54 Å². The lowest BCUT2D eigenvalue weighted by atomic mass is 10.2. The fourth-order valence-corrected chi connectivity index (χ4v) is 2.83. The maximum Gasteiger partial charge on any atom is 0.225 e. The third-order valence-electron chi connectivity index (χ3n) is 4.25. The predicted molar refractivity (Wildman–Crippen MR) is 99.6 cm³/mol. The number of nitrogens with one attached hydrogen (secondary N) is 1. The molecule has 7 heteroatoms. The average molecular weight is 339 g/mol. The van der Waals surface area contributed by atoms with E-state index in [9.17, 15) is 0 Å². The van der Waals surface area contributed by atoms with Gasteiger partial charge in [0, 0.05) is 51.3 Å². The Balaban J connectivity index is 1.64. The van der Waals surface area contributed by atoms with Gasteiger partial charge in [-0.1, -0.05) is 6.07 Å². The molecule has 0 amide bonds. The Morgan fingerprint density at radius 2 is 1.80 bits per heavy atom. The van der Waals surface area contributed by atoms with Crippen LogP contribution in [0.3, 0.4) is 0 Å². The van der Waals surface area contributed by atoms with Gasteiger partial charge in [0.25, 0.3) is 0 Å². The predicted octanol–water partition coefficient (Wildman–Crippen LogP) is 1.47. The molecule has 1 aliphatic rings. The molecule has 7 nitrogen and oxygen atoms in total. The van der Waals surface area contributed by atoms with E-state index in [4.69, 9.17) is 4.99 Å². The molecule has 3 heterocycles. The lowest BCUT2D eigenvalue weighted by molar-refractivity contribution is 0.370. The van der Waals surface area contributed by atoms with Crippen molar-refractivity contribution < 1.29 is 0 Å². The van der Waals surface area contributed by atoms with E-state index in [0.29, 0.717) is 6.54 Å². The molecule has 25 heavy (non-hydrogen) atoms. The molecule has 1 fully saturated rings. The van der Waals surface area contributed by atoms with Crippen LogP contribution >= 0.6 is 0 Å². The summed E-state index contributed by atoms with van der Waals surface area (Å²) in [5.74, 6) is 1.74. The summed E-state index contributed by atoms with van der Waals surface area (Å²) in [6.07, 6.45) is 5.40. The molecular formula is C18H25N7. The van der Waals surface area contributed by atoms with E-state index in [1.165, 1.54) is 5.56 Å². The normalized spacial score (nSPS) is 15.4. The third-order valence-corrected chi connectivity index (χ3v) is 4.25. The molecule has 132 valence electrons. The van der Waals surface area contributed by atoms with Gasteiger partial charge in [0.2, 0.25) is 5.95 Å². The van der Waals surface area contributed by atoms with Gasteiger partial charge in [0.05, 0.1) is 12.2 Å². The molecule has 0 bridgehead atoms. The molecule has 1 N–H and O–H groups in total. The smallest absolute Gasteiger partial charge is 0.225 e. The maximum absolute atomic E-state index is 4.79. The first-order valence-electron chi connectivity index (χ1n) is 8.73. The van der Waals surface area contributed by atoms with Gasteiger partial charge in [-0.05, 0) is 31.5 Å². The van der Waals surface area contributed by atoms with Crippen LogP contribution in [0, 0.1) is 6.92 Å². The second-order valence-corrected chi connectivity index (χ2v) is 5.96. The SMILES string of the molecule is CCNC(=NCc1ncccc1C)N1CCN(c2ncccn2)CC1. The monoisotopic (exact) mass is 339 g/mol. The number of rotatable bonds is 4. The summed E-state index contributed by atoms with van der Waals surface area (Å²) >= 11 is 0. The van der Waals surface area contributed by atoms with Crippen LogP contribution in [0.4, 0.5) is 5.95 Å². The third kappa shape index (κ3) is 4.43. The van der Waals surface area contributed by atoms with Gasteiger partial charge in [-0.25, -0.2) is 15.0 Å². The molecule has 0 saturated carbocycles. The fraction of sp³-hybridized carbons (Fsp3) is 0.444. The molecule has 0 atom stereocenters. The van der Waals surface area contributed by atoms with E-state index in [0.717, 1.165) is 50.3 Å². The van der Waals surface area contributed by atoms with Crippen LogP contribution in [0.15, 0.2) is 41.8 Å². The van der Waals surface area contributed by atoms with Crippen molar-refractivity contribution >= 4 is 11.9 Å². The number of aromatic nitrogens is 3. The molecule has 0 aromatic carbocycles. The van der Waals surface area contributed by atoms with Crippen molar-refractivity contribution in [3.8, 4) is 0 Å². The summed E-state index contributed by atoms with van der Waals surface area (Å²) in [6, 6.07) is 5.87.